The molecule has 2 heterocycles. The highest BCUT2D eigenvalue weighted by Gasteiger charge is 2.32. The van der Waals surface area contributed by atoms with E-state index in [2.05, 4.69) is 4.90 Å². The number of hydrogen-bond donors (Lipinski definition) is 1. The second kappa shape index (κ2) is 8.61. The lowest BCUT2D eigenvalue weighted by atomic mass is 10.0. The quantitative estimate of drug-likeness (QED) is 0.648. The van der Waals surface area contributed by atoms with Crippen LogP contribution in [0.15, 0.2) is 16.9 Å². The number of hydrogen-bond acceptors (Lipinski definition) is 5. The van der Waals surface area contributed by atoms with Crippen LogP contribution in [0.5, 0.6) is 5.75 Å². The molecule has 4 rings (SSSR count). The molecule has 1 saturated carbocycles. The number of pyridine rings is 1. The molecule has 2 aromatic rings. The summed E-state index contributed by atoms with van der Waals surface area (Å²) in [6, 6.07) is 3.20. The van der Waals surface area contributed by atoms with Crippen LogP contribution in [0.3, 0.4) is 0 Å². The molecule has 2 fully saturated rings. The van der Waals surface area contributed by atoms with E-state index < -0.39 is 0 Å². The smallest absolute Gasteiger partial charge is 0.255 e. The van der Waals surface area contributed by atoms with Gasteiger partial charge >= 0.3 is 0 Å². The summed E-state index contributed by atoms with van der Waals surface area (Å²) in [4.78, 5) is 26.3. The van der Waals surface area contributed by atoms with Crippen molar-refractivity contribution in [3.8, 4) is 5.75 Å². The summed E-state index contributed by atoms with van der Waals surface area (Å²) in [5.41, 5.74) is 8.08. The van der Waals surface area contributed by atoms with E-state index in [1.807, 2.05) is 18.4 Å². The highest BCUT2D eigenvalue weighted by atomic mass is 19.1. The number of halogens is 1. The number of ketones is 1. The summed E-state index contributed by atoms with van der Waals surface area (Å²) in [6.07, 6.45) is 3.83. The lowest BCUT2D eigenvalue weighted by molar-refractivity contribution is -0.117. The topological polar surface area (TPSA) is 77.6 Å². The van der Waals surface area contributed by atoms with Crippen LogP contribution < -0.4 is 20.9 Å². The molecule has 0 bridgehead atoms. The van der Waals surface area contributed by atoms with Crippen molar-refractivity contribution < 1.29 is 13.9 Å². The van der Waals surface area contributed by atoms with Crippen LogP contribution in [0.25, 0.3) is 10.9 Å². The third-order valence-electron chi connectivity index (χ3n) is 6.59. The average Bonchev–Trinajstić information content (AvgIpc) is 3.41. The number of Topliss-reactive ketones (excluding diaryl/α,β-unsaturated/α-hetero) is 1. The third-order valence-corrected chi connectivity index (χ3v) is 6.59. The van der Waals surface area contributed by atoms with Crippen molar-refractivity contribution in [2.45, 2.75) is 65.0 Å². The number of aryl methyl sites for hydroxylation is 1. The van der Waals surface area contributed by atoms with Crippen LogP contribution in [0.1, 0.15) is 57.6 Å². The first-order valence-corrected chi connectivity index (χ1v) is 11.3. The summed E-state index contributed by atoms with van der Waals surface area (Å²) in [7, 11) is 0. The van der Waals surface area contributed by atoms with Gasteiger partial charge < -0.3 is 24.7 Å². The Hall–Kier alpha value is -2.41. The van der Waals surface area contributed by atoms with Gasteiger partial charge in [0.2, 0.25) is 0 Å². The first kappa shape index (κ1) is 21.8. The Bertz CT molecular complexity index is 1060. The summed E-state index contributed by atoms with van der Waals surface area (Å²) < 4.78 is 23.1. The number of ether oxygens (including phenoxy) is 1. The van der Waals surface area contributed by atoms with Crippen LogP contribution in [0.2, 0.25) is 0 Å². The van der Waals surface area contributed by atoms with Gasteiger partial charge in [0.15, 0.2) is 0 Å². The minimum absolute atomic E-state index is 0.0634. The molecule has 2 atom stereocenters. The lowest BCUT2D eigenvalue weighted by Gasteiger charge is -2.25. The monoisotopic (exact) mass is 429 g/mol. The number of anilines is 1. The van der Waals surface area contributed by atoms with E-state index in [1.54, 1.807) is 6.92 Å². The summed E-state index contributed by atoms with van der Waals surface area (Å²) in [5.74, 6) is 0.518. The van der Waals surface area contributed by atoms with Gasteiger partial charge in [-0.05, 0) is 64.0 Å². The van der Waals surface area contributed by atoms with Crippen molar-refractivity contribution in [1.29, 1.82) is 0 Å². The molecule has 31 heavy (non-hydrogen) atoms. The van der Waals surface area contributed by atoms with Gasteiger partial charge in [-0.1, -0.05) is 0 Å². The Morgan fingerprint density at radius 1 is 1.32 bits per heavy atom. The van der Waals surface area contributed by atoms with Crippen LogP contribution in [0.4, 0.5) is 10.1 Å². The fourth-order valence-electron chi connectivity index (χ4n) is 4.75. The first-order valence-electron chi connectivity index (χ1n) is 11.3. The third kappa shape index (κ3) is 4.33. The lowest BCUT2D eigenvalue weighted by Crippen LogP contribution is -2.30. The van der Waals surface area contributed by atoms with Gasteiger partial charge in [0, 0.05) is 43.0 Å². The number of carbonyl (C=O) groups is 1. The van der Waals surface area contributed by atoms with Crippen molar-refractivity contribution in [3.63, 3.8) is 0 Å². The fraction of sp³-hybridized carbons (Fsp3) is 0.583. The molecule has 168 valence electrons. The molecule has 0 unspecified atom stereocenters. The molecule has 6 nitrogen and oxygen atoms in total. The van der Waals surface area contributed by atoms with Crippen LogP contribution in [0, 0.1) is 18.7 Å². The first-order chi connectivity index (χ1) is 14.8. The standard InChI is InChI=1S/C24H32FN3O3/c1-14(29)5-4-10-31-21-12-22(30)28(18-6-7-18)23-15(2)24(20(25)11-19(21)23)27-9-8-17(13-27)16(3)26/h11-12,16-18H,4-10,13,26H2,1-3H3/t16-,17+/m0/s1. The number of fused-ring (bicyclic) bond motifs is 1. The molecule has 1 aromatic heterocycles. The minimum atomic E-state index is -0.301. The van der Waals surface area contributed by atoms with Crippen molar-refractivity contribution in [2.24, 2.45) is 11.7 Å². The van der Waals surface area contributed by atoms with Crippen LogP contribution >= 0.6 is 0 Å². The molecule has 0 radical (unpaired) electrons. The van der Waals surface area contributed by atoms with Crippen LogP contribution in [-0.2, 0) is 4.79 Å². The Kier molecular flexibility index (Phi) is 6.06. The predicted octanol–water partition coefficient (Wildman–Crippen LogP) is 3.71. The normalized spacial score (nSPS) is 19.8. The van der Waals surface area contributed by atoms with E-state index in [4.69, 9.17) is 10.5 Å². The highest BCUT2D eigenvalue weighted by Crippen LogP contribution is 2.42. The number of nitrogens with two attached hydrogens (primary N) is 1. The van der Waals surface area contributed by atoms with Crippen molar-refractivity contribution in [1.82, 2.24) is 4.57 Å². The fourth-order valence-corrected chi connectivity index (χ4v) is 4.75. The van der Waals surface area contributed by atoms with Gasteiger partial charge in [0.25, 0.3) is 5.56 Å². The Labute approximate surface area is 182 Å². The summed E-state index contributed by atoms with van der Waals surface area (Å²) in [5, 5.41) is 0.621. The van der Waals surface area contributed by atoms with Crippen molar-refractivity contribution in [3.05, 3.63) is 33.9 Å². The zero-order chi connectivity index (χ0) is 22.3. The molecule has 0 spiro atoms. The van der Waals surface area contributed by atoms with E-state index in [-0.39, 0.29) is 29.2 Å². The molecule has 1 aliphatic heterocycles. The SMILES string of the molecule is CC(=O)CCCOc1cc(=O)n(C2CC2)c2c(C)c(N3CC[C@@H]([C@H](C)N)C3)c(F)cc12. The number of nitrogens with zero attached hydrogens (tertiary/aromatic N) is 2. The number of carbonyl (C=O) groups excluding carboxylic acids is 1. The highest BCUT2D eigenvalue weighted by molar-refractivity contribution is 5.92. The molecule has 1 aliphatic carbocycles. The number of aromatic nitrogens is 1. The molecule has 2 N–H and O–H groups in total. The van der Waals surface area contributed by atoms with Gasteiger partial charge in [-0.25, -0.2) is 4.39 Å². The van der Waals surface area contributed by atoms with E-state index in [0.717, 1.165) is 43.4 Å². The van der Waals surface area contributed by atoms with E-state index >= 15 is 4.39 Å². The van der Waals surface area contributed by atoms with Gasteiger partial charge in [-0.15, -0.1) is 0 Å². The van der Waals surface area contributed by atoms with E-state index in [0.29, 0.717) is 42.2 Å². The minimum Gasteiger partial charge on any atom is -0.493 e. The van der Waals surface area contributed by atoms with Crippen molar-refractivity contribution >= 4 is 22.4 Å². The average molecular weight is 430 g/mol. The number of benzene rings is 1. The maximum absolute atomic E-state index is 15.4. The Morgan fingerprint density at radius 3 is 2.68 bits per heavy atom. The zero-order valence-corrected chi connectivity index (χ0v) is 18.6. The molecular formula is C24H32FN3O3. The largest absolute Gasteiger partial charge is 0.493 e. The molecule has 2 aliphatic rings. The van der Waals surface area contributed by atoms with Gasteiger partial charge in [0.05, 0.1) is 17.8 Å². The second-order valence-electron chi connectivity index (χ2n) is 9.18. The van der Waals surface area contributed by atoms with E-state index in [9.17, 15) is 9.59 Å². The van der Waals surface area contributed by atoms with Gasteiger partial charge in [-0.3, -0.25) is 4.79 Å². The summed E-state index contributed by atoms with van der Waals surface area (Å²) in [6.45, 7) is 7.23. The predicted molar refractivity (Wildman–Crippen MR) is 121 cm³/mol. The van der Waals surface area contributed by atoms with E-state index in [1.165, 1.54) is 12.1 Å². The molecule has 1 aromatic carbocycles. The molecular weight excluding hydrogens is 397 g/mol. The number of rotatable bonds is 8. The van der Waals surface area contributed by atoms with Crippen LogP contribution in [-0.4, -0.2) is 36.1 Å². The van der Waals surface area contributed by atoms with Gasteiger partial charge in [-0.2, -0.15) is 0 Å². The van der Waals surface area contributed by atoms with Crippen molar-refractivity contribution in [2.75, 3.05) is 24.6 Å². The Morgan fingerprint density at radius 2 is 2.06 bits per heavy atom. The zero-order valence-electron chi connectivity index (χ0n) is 18.6. The maximum atomic E-state index is 15.4. The Balaban J connectivity index is 1.78. The maximum Gasteiger partial charge on any atom is 0.255 e. The molecule has 1 saturated heterocycles. The summed E-state index contributed by atoms with van der Waals surface area (Å²) >= 11 is 0. The second-order valence-corrected chi connectivity index (χ2v) is 9.18. The molecule has 0 amide bonds. The van der Waals surface area contributed by atoms with Gasteiger partial charge in [0.1, 0.15) is 17.3 Å². The molecule has 7 heteroatoms.